The minimum absolute atomic E-state index is 0.164. The summed E-state index contributed by atoms with van der Waals surface area (Å²) in [6.45, 7) is 4.29. The molecule has 5 heteroatoms. The molecule has 2 aliphatic heterocycles. The molecule has 2 aliphatic rings. The summed E-state index contributed by atoms with van der Waals surface area (Å²) in [6, 6.07) is 8.19. The van der Waals surface area contributed by atoms with Crippen LogP contribution in [0.2, 0.25) is 0 Å². The van der Waals surface area contributed by atoms with Gasteiger partial charge in [0, 0.05) is 42.7 Å². The van der Waals surface area contributed by atoms with Gasteiger partial charge in [0.2, 0.25) is 0 Å². The van der Waals surface area contributed by atoms with E-state index in [2.05, 4.69) is 19.8 Å². The number of carbonyl (C=O) groups is 1. The van der Waals surface area contributed by atoms with Crippen molar-refractivity contribution in [1.29, 1.82) is 0 Å². The fraction of sp³-hybridized carbons (Fsp3) is 0.450. The van der Waals surface area contributed by atoms with E-state index in [9.17, 15) is 4.79 Å². The predicted octanol–water partition coefficient (Wildman–Crippen LogP) is 2.84. The first kappa shape index (κ1) is 16.2. The molecule has 1 aromatic carbocycles. The summed E-state index contributed by atoms with van der Waals surface area (Å²) in [5, 5.41) is 0. The van der Waals surface area contributed by atoms with Crippen LogP contribution in [0.3, 0.4) is 0 Å². The molecule has 0 bridgehead atoms. The lowest BCUT2D eigenvalue weighted by atomic mass is 10.1. The predicted molar refractivity (Wildman–Crippen MR) is 97.2 cm³/mol. The highest BCUT2D eigenvalue weighted by Crippen LogP contribution is 2.24. The standard InChI is InChI=1S/C20H24N4O/c25-20(24-11-3-4-19(24)14-23-9-1-2-10-23)17-7-5-16(6-8-17)18-12-21-15-22-13-18/h5-8,12-13,15,19H,1-4,9-11,14H2. The van der Waals surface area contributed by atoms with E-state index in [4.69, 9.17) is 0 Å². The second kappa shape index (κ2) is 7.31. The van der Waals surface area contributed by atoms with Gasteiger partial charge in [0.05, 0.1) is 0 Å². The summed E-state index contributed by atoms with van der Waals surface area (Å²) in [4.78, 5) is 25.7. The van der Waals surface area contributed by atoms with Crippen LogP contribution in [0.4, 0.5) is 0 Å². The lowest BCUT2D eigenvalue weighted by Crippen LogP contribution is -2.42. The number of rotatable bonds is 4. The van der Waals surface area contributed by atoms with Gasteiger partial charge in [0.1, 0.15) is 6.33 Å². The van der Waals surface area contributed by atoms with Crippen molar-refractivity contribution in [2.75, 3.05) is 26.2 Å². The first-order valence-corrected chi connectivity index (χ1v) is 9.20. The number of amides is 1. The maximum Gasteiger partial charge on any atom is 0.254 e. The van der Waals surface area contributed by atoms with Crippen LogP contribution in [0.25, 0.3) is 11.1 Å². The number of nitrogens with zero attached hydrogens (tertiary/aromatic N) is 4. The van der Waals surface area contributed by atoms with Gasteiger partial charge in [-0.3, -0.25) is 4.79 Å². The smallest absolute Gasteiger partial charge is 0.254 e. The third-order valence-corrected chi connectivity index (χ3v) is 5.33. The Morgan fingerprint density at radius 2 is 1.68 bits per heavy atom. The molecule has 1 atom stereocenters. The van der Waals surface area contributed by atoms with E-state index in [1.54, 1.807) is 12.4 Å². The van der Waals surface area contributed by atoms with Crippen LogP contribution >= 0.6 is 0 Å². The maximum absolute atomic E-state index is 13.0. The molecule has 130 valence electrons. The van der Waals surface area contributed by atoms with Crippen LogP contribution in [-0.4, -0.2) is 57.9 Å². The summed E-state index contributed by atoms with van der Waals surface area (Å²) in [5.41, 5.74) is 2.77. The average Bonchev–Trinajstić information content (AvgIpc) is 3.34. The highest BCUT2D eigenvalue weighted by atomic mass is 16.2. The SMILES string of the molecule is O=C(c1ccc(-c2cncnc2)cc1)N1CCCC1CN1CCCC1. The molecule has 1 aromatic heterocycles. The quantitative estimate of drug-likeness (QED) is 0.861. The second-order valence-electron chi connectivity index (χ2n) is 7.01. The van der Waals surface area contributed by atoms with E-state index in [0.29, 0.717) is 6.04 Å². The zero-order chi connectivity index (χ0) is 17.1. The summed E-state index contributed by atoms with van der Waals surface area (Å²) >= 11 is 0. The van der Waals surface area contributed by atoms with Crippen molar-refractivity contribution in [2.24, 2.45) is 0 Å². The zero-order valence-corrected chi connectivity index (χ0v) is 14.5. The molecular formula is C20H24N4O. The van der Waals surface area contributed by atoms with Crippen LogP contribution in [0.5, 0.6) is 0 Å². The monoisotopic (exact) mass is 336 g/mol. The van der Waals surface area contributed by atoms with Gasteiger partial charge in [-0.1, -0.05) is 12.1 Å². The van der Waals surface area contributed by atoms with Gasteiger partial charge in [-0.05, 0) is 56.5 Å². The molecule has 1 amide bonds. The number of hydrogen-bond donors (Lipinski definition) is 0. The molecule has 4 rings (SSSR count). The number of aromatic nitrogens is 2. The third kappa shape index (κ3) is 3.56. The Hall–Kier alpha value is -2.27. The summed E-state index contributed by atoms with van der Waals surface area (Å²) in [7, 11) is 0. The Bertz CT molecular complexity index is 710. The largest absolute Gasteiger partial charge is 0.334 e. The van der Waals surface area contributed by atoms with Crippen molar-refractivity contribution in [3.8, 4) is 11.1 Å². The zero-order valence-electron chi connectivity index (χ0n) is 14.5. The summed E-state index contributed by atoms with van der Waals surface area (Å²) < 4.78 is 0. The molecule has 0 N–H and O–H groups in total. The number of carbonyl (C=O) groups excluding carboxylic acids is 1. The van der Waals surface area contributed by atoms with E-state index >= 15 is 0 Å². The molecule has 0 aliphatic carbocycles. The lowest BCUT2D eigenvalue weighted by molar-refractivity contribution is 0.0709. The van der Waals surface area contributed by atoms with Gasteiger partial charge in [-0.15, -0.1) is 0 Å². The van der Waals surface area contributed by atoms with Crippen LogP contribution in [-0.2, 0) is 0 Å². The third-order valence-electron chi connectivity index (χ3n) is 5.33. The van der Waals surface area contributed by atoms with E-state index in [1.165, 1.54) is 32.3 Å². The van der Waals surface area contributed by atoms with Crippen molar-refractivity contribution >= 4 is 5.91 Å². The van der Waals surface area contributed by atoms with Gasteiger partial charge >= 0.3 is 0 Å². The lowest BCUT2D eigenvalue weighted by Gasteiger charge is -2.28. The number of benzene rings is 1. The Morgan fingerprint density at radius 1 is 0.960 bits per heavy atom. The van der Waals surface area contributed by atoms with Crippen LogP contribution in [0.1, 0.15) is 36.0 Å². The van der Waals surface area contributed by atoms with Crippen molar-refractivity contribution < 1.29 is 4.79 Å². The van der Waals surface area contributed by atoms with Gasteiger partial charge in [-0.2, -0.15) is 0 Å². The first-order valence-electron chi connectivity index (χ1n) is 9.20. The molecule has 3 heterocycles. The van der Waals surface area contributed by atoms with Gasteiger partial charge in [0.25, 0.3) is 5.91 Å². The topological polar surface area (TPSA) is 49.3 Å². The van der Waals surface area contributed by atoms with Crippen molar-refractivity contribution in [2.45, 2.75) is 31.7 Å². The Morgan fingerprint density at radius 3 is 2.40 bits per heavy atom. The molecule has 1 unspecified atom stereocenters. The van der Waals surface area contributed by atoms with Crippen LogP contribution in [0.15, 0.2) is 43.0 Å². The van der Waals surface area contributed by atoms with Gasteiger partial charge < -0.3 is 9.80 Å². The maximum atomic E-state index is 13.0. The summed E-state index contributed by atoms with van der Waals surface area (Å²) in [5.74, 6) is 0.164. The first-order chi connectivity index (χ1) is 12.3. The molecule has 25 heavy (non-hydrogen) atoms. The molecule has 0 saturated carbocycles. The molecule has 2 aromatic rings. The van der Waals surface area contributed by atoms with Crippen LogP contribution < -0.4 is 0 Å². The fourth-order valence-corrected chi connectivity index (χ4v) is 3.98. The van der Waals surface area contributed by atoms with Crippen molar-refractivity contribution in [1.82, 2.24) is 19.8 Å². The Labute approximate surface area is 148 Å². The van der Waals surface area contributed by atoms with Gasteiger partial charge in [-0.25, -0.2) is 9.97 Å². The molecule has 2 saturated heterocycles. The van der Waals surface area contributed by atoms with E-state index < -0.39 is 0 Å². The van der Waals surface area contributed by atoms with E-state index in [-0.39, 0.29) is 5.91 Å². The van der Waals surface area contributed by atoms with Crippen molar-refractivity contribution in [3.63, 3.8) is 0 Å². The molecular weight excluding hydrogens is 312 g/mol. The minimum Gasteiger partial charge on any atom is -0.334 e. The Kier molecular flexibility index (Phi) is 4.74. The second-order valence-corrected chi connectivity index (χ2v) is 7.01. The molecule has 0 spiro atoms. The van der Waals surface area contributed by atoms with Crippen molar-refractivity contribution in [3.05, 3.63) is 48.5 Å². The van der Waals surface area contributed by atoms with E-state index in [0.717, 1.165) is 42.6 Å². The Balaban J connectivity index is 1.46. The fourth-order valence-electron chi connectivity index (χ4n) is 3.98. The molecule has 5 nitrogen and oxygen atoms in total. The highest BCUT2D eigenvalue weighted by Gasteiger charge is 2.31. The average molecular weight is 336 g/mol. The molecule has 2 fully saturated rings. The summed E-state index contributed by atoms with van der Waals surface area (Å²) in [6.07, 6.45) is 9.93. The molecule has 0 radical (unpaired) electrons. The van der Waals surface area contributed by atoms with E-state index in [1.807, 2.05) is 24.3 Å². The van der Waals surface area contributed by atoms with Crippen LogP contribution in [0, 0.1) is 0 Å². The minimum atomic E-state index is 0.164. The number of likely N-dealkylation sites (tertiary alicyclic amines) is 2. The highest BCUT2D eigenvalue weighted by molar-refractivity contribution is 5.95. The van der Waals surface area contributed by atoms with Gasteiger partial charge in [0.15, 0.2) is 0 Å². The normalized spacial score (nSPS) is 21.0. The number of hydrogen-bond acceptors (Lipinski definition) is 4.